The van der Waals surface area contributed by atoms with Gasteiger partial charge in [-0.15, -0.1) is 11.3 Å². The lowest BCUT2D eigenvalue weighted by Crippen LogP contribution is -2.40. The van der Waals surface area contributed by atoms with Gasteiger partial charge in [0.05, 0.1) is 5.00 Å². The van der Waals surface area contributed by atoms with Gasteiger partial charge in [-0.1, -0.05) is 6.92 Å². The summed E-state index contributed by atoms with van der Waals surface area (Å²) in [6.07, 6.45) is 2.05. The van der Waals surface area contributed by atoms with Crippen molar-refractivity contribution in [2.45, 2.75) is 26.7 Å². The number of urea groups is 1. The summed E-state index contributed by atoms with van der Waals surface area (Å²) in [4.78, 5) is 25.1. The van der Waals surface area contributed by atoms with E-state index < -0.39 is 5.97 Å². The molecule has 19 heavy (non-hydrogen) atoms. The monoisotopic (exact) mass is 282 g/mol. The van der Waals surface area contributed by atoms with E-state index in [1.165, 1.54) is 0 Å². The Morgan fingerprint density at radius 1 is 1.42 bits per heavy atom. The largest absolute Gasteiger partial charge is 0.477 e. The van der Waals surface area contributed by atoms with Crippen molar-refractivity contribution < 1.29 is 14.7 Å². The smallest absolute Gasteiger partial charge is 0.346 e. The third-order valence-corrected chi connectivity index (χ3v) is 4.55. The molecule has 104 valence electrons. The molecule has 1 aromatic heterocycles. The first-order chi connectivity index (χ1) is 8.97. The molecule has 1 aliphatic rings. The first kappa shape index (κ1) is 13.9. The third kappa shape index (κ3) is 3.26. The number of nitrogens with zero attached hydrogens (tertiary/aromatic N) is 1. The van der Waals surface area contributed by atoms with Gasteiger partial charge in [-0.2, -0.15) is 0 Å². The van der Waals surface area contributed by atoms with E-state index in [-0.39, 0.29) is 10.9 Å². The minimum absolute atomic E-state index is 0.134. The number of aromatic carboxylic acids is 1. The number of amides is 2. The van der Waals surface area contributed by atoms with Crippen LogP contribution in [-0.4, -0.2) is 35.1 Å². The van der Waals surface area contributed by atoms with Gasteiger partial charge < -0.3 is 10.0 Å². The predicted octanol–water partition coefficient (Wildman–Crippen LogP) is 3.02. The number of hydrogen-bond donors (Lipinski definition) is 2. The fourth-order valence-electron chi connectivity index (χ4n) is 2.15. The molecule has 0 bridgehead atoms. The standard InChI is InChI=1S/C13H18N2O3S/c1-8-3-5-15(6-4-8)13(18)14-10-7-9(2)11(19-10)12(16)17/h7-8H,3-6H2,1-2H3,(H,14,18)(H,16,17). The van der Waals surface area contributed by atoms with Gasteiger partial charge in [0, 0.05) is 13.1 Å². The minimum atomic E-state index is -0.949. The highest BCUT2D eigenvalue weighted by Gasteiger charge is 2.21. The Morgan fingerprint density at radius 2 is 2.05 bits per heavy atom. The average molecular weight is 282 g/mol. The fourth-order valence-corrected chi connectivity index (χ4v) is 3.05. The van der Waals surface area contributed by atoms with Gasteiger partial charge in [0.25, 0.3) is 0 Å². The second-order valence-corrected chi connectivity index (χ2v) is 6.08. The number of anilines is 1. The fraction of sp³-hybridized carbons (Fsp3) is 0.538. The van der Waals surface area contributed by atoms with Crippen LogP contribution < -0.4 is 5.32 Å². The van der Waals surface area contributed by atoms with E-state index in [0.29, 0.717) is 16.5 Å². The molecule has 2 rings (SSSR count). The van der Waals surface area contributed by atoms with E-state index in [2.05, 4.69) is 12.2 Å². The first-order valence-corrected chi connectivity index (χ1v) is 7.18. The maximum absolute atomic E-state index is 12.0. The minimum Gasteiger partial charge on any atom is -0.477 e. The number of piperidine rings is 1. The topological polar surface area (TPSA) is 69.6 Å². The van der Waals surface area contributed by atoms with Gasteiger partial charge in [0.2, 0.25) is 0 Å². The van der Waals surface area contributed by atoms with Gasteiger partial charge in [-0.05, 0) is 37.3 Å². The Balaban J connectivity index is 1.99. The highest BCUT2D eigenvalue weighted by Crippen LogP contribution is 2.27. The number of carbonyl (C=O) groups is 2. The van der Waals surface area contributed by atoms with Crippen LogP contribution in [0.5, 0.6) is 0 Å². The molecule has 5 nitrogen and oxygen atoms in total. The summed E-state index contributed by atoms with van der Waals surface area (Å²) in [6.45, 7) is 5.46. The number of nitrogens with one attached hydrogen (secondary N) is 1. The number of rotatable bonds is 2. The highest BCUT2D eigenvalue weighted by atomic mass is 32.1. The van der Waals surface area contributed by atoms with Crippen molar-refractivity contribution in [1.82, 2.24) is 4.90 Å². The Kier molecular flexibility index (Phi) is 4.09. The van der Waals surface area contributed by atoms with E-state index in [4.69, 9.17) is 5.11 Å². The van der Waals surface area contributed by atoms with Crippen LogP contribution in [0.2, 0.25) is 0 Å². The molecule has 0 atom stereocenters. The van der Waals surface area contributed by atoms with Crippen LogP contribution in [-0.2, 0) is 0 Å². The molecule has 0 unspecified atom stereocenters. The van der Waals surface area contributed by atoms with Gasteiger partial charge in [-0.25, -0.2) is 9.59 Å². The molecule has 1 aromatic rings. The molecule has 0 radical (unpaired) electrons. The predicted molar refractivity (Wildman–Crippen MR) is 75.0 cm³/mol. The zero-order valence-corrected chi connectivity index (χ0v) is 11.9. The number of likely N-dealkylation sites (tertiary alicyclic amines) is 1. The third-order valence-electron chi connectivity index (χ3n) is 3.41. The van der Waals surface area contributed by atoms with Crippen molar-refractivity contribution in [3.8, 4) is 0 Å². The molecule has 0 aliphatic carbocycles. The summed E-state index contributed by atoms with van der Waals surface area (Å²) in [5.74, 6) is -0.276. The van der Waals surface area contributed by atoms with Crippen LogP contribution in [0.4, 0.5) is 9.80 Å². The normalized spacial score (nSPS) is 16.4. The molecule has 2 N–H and O–H groups in total. The molecule has 6 heteroatoms. The number of hydrogen-bond acceptors (Lipinski definition) is 3. The summed E-state index contributed by atoms with van der Waals surface area (Å²) in [5, 5.41) is 12.4. The SMILES string of the molecule is Cc1cc(NC(=O)N2CCC(C)CC2)sc1C(=O)O. The molecular weight excluding hydrogens is 264 g/mol. The number of carboxylic acids is 1. The van der Waals surface area contributed by atoms with Crippen LogP contribution in [0.25, 0.3) is 0 Å². The molecule has 1 saturated heterocycles. The van der Waals surface area contributed by atoms with Crippen LogP contribution in [0.15, 0.2) is 6.07 Å². The Morgan fingerprint density at radius 3 is 2.58 bits per heavy atom. The number of carbonyl (C=O) groups excluding carboxylic acids is 1. The van der Waals surface area contributed by atoms with E-state index in [1.807, 2.05) is 0 Å². The lowest BCUT2D eigenvalue weighted by Gasteiger charge is -2.30. The van der Waals surface area contributed by atoms with Gasteiger partial charge in [0.1, 0.15) is 4.88 Å². The van der Waals surface area contributed by atoms with Crippen molar-refractivity contribution in [1.29, 1.82) is 0 Å². The van der Waals surface area contributed by atoms with E-state index in [9.17, 15) is 9.59 Å². The first-order valence-electron chi connectivity index (χ1n) is 6.37. The van der Waals surface area contributed by atoms with Crippen molar-refractivity contribution in [2.24, 2.45) is 5.92 Å². The van der Waals surface area contributed by atoms with E-state index >= 15 is 0 Å². The zero-order chi connectivity index (χ0) is 14.0. The summed E-state index contributed by atoms with van der Waals surface area (Å²) in [5.41, 5.74) is 0.681. The molecule has 2 amide bonds. The summed E-state index contributed by atoms with van der Waals surface area (Å²) >= 11 is 1.10. The van der Waals surface area contributed by atoms with Crippen molar-refractivity contribution in [2.75, 3.05) is 18.4 Å². The molecular formula is C13H18N2O3S. The van der Waals surface area contributed by atoms with Crippen molar-refractivity contribution in [3.63, 3.8) is 0 Å². The van der Waals surface area contributed by atoms with Gasteiger partial charge in [-0.3, -0.25) is 5.32 Å². The number of thiophene rings is 1. The second kappa shape index (κ2) is 5.61. The Hall–Kier alpha value is -1.56. The van der Waals surface area contributed by atoms with Crippen molar-refractivity contribution >= 4 is 28.3 Å². The van der Waals surface area contributed by atoms with E-state index in [0.717, 1.165) is 37.3 Å². The second-order valence-electron chi connectivity index (χ2n) is 5.03. The Labute approximate surface area is 116 Å². The van der Waals surface area contributed by atoms with Crippen molar-refractivity contribution in [3.05, 3.63) is 16.5 Å². The summed E-state index contributed by atoms with van der Waals surface area (Å²) < 4.78 is 0. The van der Waals surface area contributed by atoms with E-state index in [1.54, 1.807) is 17.9 Å². The van der Waals surface area contributed by atoms with Crippen LogP contribution in [0.1, 0.15) is 35.0 Å². The molecule has 1 aliphatic heterocycles. The summed E-state index contributed by atoms with van der Waals surface area (Å²) in [6, 6.07) is 1.57. The van der Waals surface area contributed by atoms with Gasteiger partial charge in [0.15, 0.2) is 0 Å². The van der Waals surface area contributed by atoms with Crippen LogP contribution in [0.3, 0.4) is 0 Å². The summed E-state index contributed by atoms with van der Waals surface area (Å²) in [7, 11) is 0. The zero-order valence-electron chi connectivity index (χ0n) is 11.1. The lowest BCUT2D eigenvalue weighted by molar-refractivity contribution is 0.0701. The average Bonchev–Trinajstić information content (AvgIpc) is 2.71. The molecule has 0 aromatic carbocycles. The number of carboxylic acid groups (broad SMARTS) is 1. The van der Waals surface area contributed by atoms with Crippen LogP contribution in [0, 0.1) is 12.8 Å². The molecule has 0 spiro atoms. The van der Waals surface area contributed by atoms with Crippen LogP contribution >= 0.6 is 11.3 Å². The maximum Gasteiger partial charge on any atom is 0.346 e. The molecule has 1 fully saturated rings. The Bertz CT molecular complexity index is 490. The number of aryl methyl sites for hydroxylation is 1. The lowest BCUT2D eigenvalue weighted by atomic mass is 10.00. The quantitative estimate of drug-likeness (QED) is 0.876. The molecule has 0 saturated carbocycles. The highest BCUT2D eigenvalue weighted by molar-refractivity contribution is 7.18. The molecule has 2 heterocycles. The maximum atomic E-state index is 12.0. The van der Waals surface area contributed by atoms with Gasteiger partial charge >= 0.3 is 12.0 Å².